The maximum Gasteiger partial charge on any atom is 2.00 e. The van der Waals surface area contributed by atoms with Crippen LogP contribution in [0.3, 0.4) is 0 Å². The van der Waals surface area contributed by atoms with Gasteiger partial charge in [0.2, 0.25) is 0 Å². The van der Waals surface area contributed by atoms with Crippen molar-refractivity contribution >= 4 is 32.8 Å². The van der Waals surface area contributed by atoms with E-state index in [0.29, 0.717) is 34.6 Å². The molecule has 0 fully saturated rings. The van der Waals surface area contributed by atoms with E-state index in [1.54, 1.807) is 12.4 Å². The van der Waals surface area contributed by atoms with E-state index >= 15 is 0 Å². The van der Waals surface area contributed by atoms with E-state index in [-0.39, 0.29) is 42.1 Å². The van der Waals surface area contributed by atoms with Crippen molar-refractivity contribution in [2.75, 3.05) is 0 Å². The van der Waals surface area contributed by atoms with Gasteiger partial charge in [0, 0.05) is 85.3 Å². The minimum Gasteiger partial charge on any atom is -0.503 e. The molecule has 332 valence electrons. The number of benzene rings is 6. The van der Waals surface area contributed by atoms with Gasteiger partial charge in [-0.25, -0.2) is 9.97 Å². The summed E-state index contributed by atoms with van der Waals surface area (Å²) in [5.74, 6) is 5.11. The Hall–Kier alpha value is -7.64. The van der Waals surface area contributed by atoms with E-state index < -0.39 is 0 Å². The normalized spacial score (nSPS) is 11.1. The molecule has 0 aliphatic carbocycles. The number of aryl methyl sites for hydroxylation is 2. The fourth-order valence-corrected chi connectivity index (χ4v) is 8.64. The van der Waals surface area contributed by atoms with Crippen molar-refractivity contribution in [1.82, 2.24) is 38.2 Å². The van der Waals surface area contributed by atoms with E-state index in [9.17, 15) is 0 Å². The number of nitrogens with zero attached hydrogens (tertiary/aromatic N) is 8. The molecule has 0 radical (unpaired) electrons. The maximum absolute atomic E-state index is 6.57. The predicted octanol–water partition coefficient (Wildman–Crippen LogP) is 12.4. The summed E-state index contributed by atoms with van der Waals surface area (Å²) in [5, 5.41) is 1.81. The second-order valence-electron chi connectivity index (χ2n) is 15.9. The summed E-state index contributed by atoms with van der Waals surface area (Å²) in [6.45, 7) is 0. The number of pyridine rings is 2. The zero-order valence-corrected chi connectivity index (χ0v) is 40.9. The molecule has 0 bridgehead atoms. The molecule has 0 unspecified atom stereocenters. The molecule has 10 nitrogen and oxygen atoms in total. The number of fused-ring (bicyclic) bond motifs is 5. The van der Waals surface area contributed by atoms with Crippen LogP contribution in [0.1, 0.15) is 0 Å². The molecule has 0 aliphatic heterocycles. The Morgan fingerprint density at radius 2 is 0.824 bits per heavy atom. The first-order valence-electron chi connectivity index (χ1n) is 21.4. The first kappa shape index (κ1) is 44.2. The molecule has 0 saturated heterocycles. The Kier molecular flexibility index (Phi) is 12.1. The average molecular weight is 1240 g/mol. The Labute approximate surface area is 420 Å². The average Bonchev–Trinajstić information content (AvgIpc) is 4.15. The summed E-state index contributed by atoms with van der Waals surface area (Å²) in [4.78, 5) is 19.1. The number of aromatic nitrogens is 8. The largest absolute Gasteiger partial charge is 2.00 e. The quantitative estimate of drug-likeness (QED) is 0.127. The van der Waals surface area contributed by atoms with Crippen molar-refractivity contribution in [3.63, 3.8) is 0 Å². The molecule has 0 N–H and O–H groups in total. The van der Waals surface area contributed by atoms with E-state index in [2.05, 4.69) is 91.9 Å². The van der Waals surface area contributed by atoms with Gasteiger partial charge in [-0.2, -0.15) is 12.1 Å². The van der Waals surface area contributed by atoms with Crippen molar-refractivity contribution in [3.8, 4) is 79.7 Å². The molecule has 0 amide bonds. The third kappa shape index (κ3) is 8.06. The smallest absolute Gasteiger partial charge is 0.503 e. The molecule has 0 spiro atoms. The van der Waals surface area contributed by atoms with Crippen LogP contribution in [0.4, 0.5) is 0 Å². The van der Waals surface area contributed by atoms with E-state index in [0.717, 1.165) is 77.9 Å². The van der Waals surface area contributed by atoms with Crippen molar-refractivity contribution in [2.45, 2.75) is 0 Å². The summed E-state index contributed by atoms with van der Waals surface area (Å²) in [5.41, 5.74) is 9.17. The van der Waals surface area contributed by atoms with E-state index in [4.69, 9.17) is 19.4 Å². The summed E-state index contributed by atoms with van der Waals surface area (Å²) in [7, 11) is 3.92. The first-order chi connectivity index (χ1) is 32.5. The van der Waals surface area contributed by atoms with Gasteiger partial charge in [0.1, 0.15) is 11.6 Å². The first-order valence-corrected chi connectivity index (χ1v) is 21.4. The van der Waals surface area contributed by atoms with Crippen LogP contribution in [0.25, 0.3) is 89.5 Å². The van der Waals surface area contributed by atoms with Crippen LogP contribution in [0.2, 0.25) is 0 Å². The number of rotatable bonds is 10. The van der Waals surface area contributed by atoms with Crippen LogP contribution in [0.5, 0.6) is 23.0 Å². The number of ether oxygens (including phenoxy) is 2. The summed E-state index contributed by atoms with van der Waals surface area (Å²) >= 11 is 0. The van der Waals surface area contributed by atoms with Gasteiger partial charge in [0.15, 0.2) is 0 Å². The monoisotopic (exact) mass is 1240 g/mol. The van der Waals surface area contributed by atoms with Gasteiger partial charge in [-0.05, 0) is 46.5 Å². The van der Waals surface area contributed by atoms with Crippen LogP contribution < -0.4 is 9.47 Å². The Bertz CT molecular complexity index is 3520. The summed E-state index contributed by atoms with van der Waals surface area (Å²) in [6.07, 6.45) is 11.1. The Balaban J connectivity index is 0.00000269. The zero-order valence-electron chi connectivity index (χ0n) is 36.3. The van der Waals surface area contributed by atoms with Crippen LogP contribution in [0.15, 0.2) is 183 Å². The molecule has 12 rings (SSSR count). The molecule has 12 aromatic rings. The van der Waals surface area contributed by atoms with Gasteiger partial charge in [0.05, 0.1) is 11.6 Å². The molecule has 6 aromatic heterocycles. The third-order valence-electron chi connectivity index (χ3n) is 11.7. The molecular weight excluding hydrogens is 1210 g/mol. The minimum absolute atomic E-state index is 0. The molecule has 68 heavy (non-hydrogen) atoms. The molecule has 0 atom stereocenters. The van der Waals surface area contributed by atoms with Crippen LogP contribution in [-0.4, -0.2) is 38.2 Å². The SMILES string of the molecule is Cn1ccnc1-c1[c-]c(Oc2[c-]c3c(cc2)c2c(c4ccc(Oc5[c-]c(-c6nccn6C)ccc5)[c-]c4n2-c2cc(-c4ccccc4)ccn2)n3-c2cc(-c3ccccc3)ccn2)ccc1.[Pt+2].[Pt+2]. The van der Waals surface area contributed by atoms with E-state index in [1.165, 1.54) is 0 Å². The Morgan fingerprint density at radius 1 is 0.397 bits per heavy atom. The van der Waals surface area contributed by atoms with Gasteiger partial charge in [-0.15, -0.1) is 71.8 Å². The van der Waals surface area contributed by atoms with E-state index in [1.807, 2.05) is 145 Å². The fourth-order valence-electron chi connectivity index (χ4n) is 8.64. The minimum atomic E-state index is 0. The van der Waals surface area contributed by atoms with Gasteiger partial charge in [0.25, 0.3) is 0 Å². The summed E-state index contributed by atoms with van der Waals surface area (Å²) in [6, 6.07) is 62.7. The zero-order chi connectivity index (χ0) is 44.1. The van der Waals surface area contributed by atoms with Crippen LogP contribution >= 0.6 is 0 Å². The molecule has 0 aliphatic rings. The van der Waals surface area contributed by atoms with Gasteiger partial charge in [-0.1, -0.05) is 94.6 Å². The van der Waals surface area contributed by atoms with Crippen molar-refractivity contribution in [2.24, 2.45) is 14.1 Å². The number of hydrogen-bond donors (Lipinski definition) is 0. The van der Waals surface area contributed by atoms with Crippen molar-refractivity contribution < 1.29 is 51.6 Å². The molecule has 6 heterocycles. The standard InChI is InChI=1S/C56H36N8O2.2Pt/c1-61-29-27-59-55(61)41-15-9-17-43(31-41)65-45-19-21-47-49(35-45)63(51-33-39(23-25-57-51)37-11-5-3-6-12-37)54-48-22-20-46(66-44-18-10-16-42(32-44)56-60-28-30-62(56)2)36-50(48)64(53(47)54)52-34-40(24-26-58-52)38-13-7-4-8-14-38;;/h3-30,33-34H,1-2H3;;/q-4;2*+2. The van der Waals surface area contributed by atoms with Gasteiger partial charge >= 0.3 is 42.1 Å². The third-order valence-corrected chi connectivity index (χ3v) is 11.7. The molecule has 0 saturated carbocycles. The van der Waals surface area contributed by atoms with Crippen molar-refractivity contribution in [3.05, 3.63) is 207 Å². The van der Waals surface area contributed by atoms with Crippen molar-refractivity contribution in [1.29, 1.82) is 0 Å². The molecule has 6 aromatic carbocycles. The number of imidazole rings is 2. The maximum atomic E-state index is 6.57. The predicted molar refractivity (Wildman–Crippen MR) is 257 cm³/mol. The molecule has 12 heteroatoms. The second-order valence-corrected chi connectivity index (χ2v) is 15.9. The van der Waals surface area contributed by atoms with Crippen LogP contribution in [0, 0.1) is 24.3 Å². The summed E-state index contributed by atoms with van der Waals surface area (Å²) < 4.78 is 21.4. The number of hydrogen-bond acceptors (Lipinski definition) is 6. The Morgan fingerprint density at radius 3 is 1.24 bits per heavy atom. The topological polar surface area (TPSA) is 89.7 Å². The van der Waals surface area contributed by atoms with Crippen LogP contribution in [-0.2, 0) is 56.2 Å². The van der Waals surface area contributed by atoms with Gasteiger partial charge < -0.3 is 27.7 Å². The molecular formula is C56H36N8O2Pt2. The fraction of sp³-hybridized carbons (Fsp3) is 0.0357. The second kappa shape index (κ2) is 18.6. The van der Waals surface area contributed by atoms with Gasteiger partial charge in [-0.3, -0.25) is 9.97 Å².